The maximum Gasteiger partial charge on any atom is 0.495 e. The molecule has 1 aliphatic heterocycles. The molecule has 1 N–H and O–H groups in total. The average molecular weight is 227 g/mol. The SMILES string of the molecule is O=S(O)Cc1ccc(B2OCCO2)cn1. The Morgan fingerprint density at radius 1 is 1.47 bits per heavy atom. The van der Waals surface area contributed by atoms with Crippen LogP contribution in [0.1, 0.15) is 5.69 Å². The largest absolute Gasteiger partial charge is 0.495 e. The first-order valence-corrected chi connectivity index (χ1v) is 5.79. The Balaban J connectivity index is 2.06. The normalized spacial score (nSPS) is 18.1. The van der Waals surface area contributed by atoms with Crippen LogP contribution in [0.4, 0.5) is 0 Å². The van der Waals surface area contributed by atoms with Crippen LogP contribution in [0.25, 0.3) is 0 Å². The molecule has 80 valence electrons. The van der Waals surface area contributed by atoms with Crippen molar-refractivity contribution in [3.05, 3.63) is 24.0 Å². The number of rotatable bonds is 3. The Morgan fingerprint density at radius 3 is 2.73 bits per heavy atom. The van der Waals surface area contributed by atoms with Gasteiger partial charge in [0.15, 0.2) is 11.1 Å². The zero-order valence-electron chi connectivity index (χ0n) is 7.96. The highest BCUT2D eigenvalue weighted by Crippen LogP contribution is 2.01. The molecule has 0 spiro atoms. The molecule has 2 heterocycles. The molecule has 1 unspecified atom stereocenters. The van der Waals surface area contributed by atoms with Crippen LogP contribution in [0.3, 0.4) is 0 Å². The molecule has 0 aliphatic carbocycles. The predicted octanol–water partition coefficient (Wildman–Crippen LogP) is -0.455. The lowest BCUT2D eigenvalue weighted by atomic mass is 9.81. The third-order valence-corrected chi connectivity index (χ3v) is 2.56. The number of aromatic nitrogens is 1. The van der Waals surface area contributed by atoms with Gasteiger partial charge in [-0.1, -0.05) is 6.07 Å². The fraction of sp³-hybridized carbons (Fsp3) is 0.375. The van der Waals surface area contributed by atoms with Crippen molar-refractivity contribution in [3.63, 3.8) is 0 Å². The summed E-state index contributed by atoms with van der Waals surface area (Å²) in [6.07, 6.45) is 1.61. The maximum absolute atomic E-state index is 10.5. The summed E-state index contributed by atoms with van der Waals surface area (Å²) in [5.74, 6) is 0.0483. The van der Waals surface area contributed by atoms with Gasteiger partial charge in [0, 0.05) is 11.7 Å². The number of hydrogen-bond donors (Lipinski definition) is 1. The van der Waals surface area contributed by atoms with Gasteiger partial charge in [-0.25, -0.2) is 4.21 Å². The van der Waals surface area contributed by atoms with Crippen molar-refractivity contribution < 1.29 is 18.1 Å². The van der Waals surface area contributed by atoms with E-state index in [0.717, 1.165) is 5.46 Å². The van der Waals surface area contributed by atoms with E-state index < -0.39 is 11.1 Å². The molecule has 0 saturated carbocycles. The van der Waals surface area contributed by atoms with E-state index in [1.165, 1.54) is 0 Å². The highest BCUT2D eigenvalue weighted by molar-refractivity contribution is 7.78. The van der Waals surface area contributed by atoms with Crippen LogP contribution in [-0.4, -0.2) is 34.1 Å². The molecular formula is C8H10BNO4S. The van der Waals surface area contributed by atoms with Crippen molar-refractivity contribution in [2.45, 2.75) is 5.75 Å². The van der Waals surface area contributed by atoms with Gasteiger partial charge < -0.3 is 13.9 Å². The summed E-state index contributed by atoms with van der Waals surface area (Å²) < 4.78 is 29.8. The van der Waals surface area contributed by atoms with Gasteiger partial charge in [-0.2, -0.15) is 0 Å². The van der Waals surface area contributed by atoms with Gasteiger partial charge in [-0.3, -0.25) is 4.98 Å². The van der Waals surface area contributed by atoms with Gasteiger partial charge in [0.2, 0.25) is 0 Å². The Bertz CT molecular complexity index is 352. The fourth-order valence-corrected chi connectivity index (χ4v) is 1.76. The zero-order valence-corrected chi connectivity index (χ0v) is 8.77. The molecule has 1 aromatic rings. The zero-order chi connectivity index (χ0) is 10.7. The first-order valence-electron chi connectivity index (χ1n) is 4.51. The summed E-state index contributed by atoms with van der Waals surface area (Å²) in [6, 6.07) is 3.50. The first-order chi connectivity index (χ1) is 7.25. The molecular weight excluding hydrogens is 217 g/mol. The van der Waals surface area contributed by atoms with Crippen LogP contribution in [0.5, 0.6) is 0 Å². The van der Waals surface area contributed by atoms with Crippen LogP contribution in [0, 0.1) is 0 Å². The number of nitrogens with zero attached hydrogens (tertiary/aromatic N) is 1. The second-order valence-electron chi connectivity index (χ2n) is 3.12. The molecule has 0 radical (unpaired) electrons. The molecule has 0 aromatic carbocycles. The van der Waals surface area contributed by atoms with Crippen molar-refractivity contribution in [2.24, 2.45) is 0 Å². The average Bonchev–Trinajstić information content (AvgIpc) is 2.71. The minimum Gasteiger partial charge on any atom is -0.405 e. The Kier molecular flexibility index (Phi) is 3.47. The summed E-state index contributed by atoms with van der Waals surface area (Å²) in [5, 5.41) is 0. The smallest absolute Gasteiger partial charge is 0.405 e. The van der Waals surface area contributed by atoms with Crippen molar-refractivity contribution in [3.8, 4) is 0 Å². The Morgan fingerprint density at radius 2 is 2.20 bits per heavy atom. The van der Waals surface area contributed by atoms with Crippen molar-refractivity contribution in [2.75, 3.05) is 13.2 Å². The van der Waals surface area contributed by atoms with Crippen molar-refractivity contribution in [1.29, 1.82) is 0 Å². The van der Waals surface area contributed by atoms with Crippen LogP contribution >= 0.6 is 0 Å². The van der Waals surface area contributed by atoms with Crippen LogP contribution in [0.15, 0.2) is 18.3 Å². The van der Waals surface area contributed by atoms with Gasteiger partial charge >= 0.3 is 7.12 Å². The van der Waals surface area contributed by atoms with E-state index in [9.17, 15) is 4.21 Å². The third-order valence-electron chi connectivity index (χ3n) is 2.01. The Labute approximate surface area is 90.2 Å². The molecule has 1 aliphatic rings. The minimum atomic E-state index is -1.85. The molecule has 0 bridgehead atoms. The lowest BCUT2D eigenvalue weighted by molar-refractivity contribution is 0.365. The molecule has 2 rings (SSSR count). The van der Waals surface area contributed by atoms with Crippen LogP contribution < -0.4 is 5.46 Å². The minimum absolute atomic E-state index is 0.0483. The second-order valence-corrected chi connectivity index (χ2v) is 4.05. The molecule has 1 atom stereocenters. The predicted molar refractivity (Wildman–Crippen MR) is 56.0 cm³/mol. The number of pyridine rings is 1. The van der Waals surface area contributed by atoms with E-state index in [-0.39, 0.29) is 12.9 Å². The van der Waals surface area contributed by atoms with E-state index in [1.54, 1.807) is 18.3 Å². The summed E-state index contributed by atoms with van der Waals surface area (Å²) in [5.41, 5.74) is 1.41. The van der Waals surface area contributed by atoms with Gasteiger partial charge in [-0.05, 0) is 6.07 Å². The second kappa shape index (κ2) is 4.85. The molecule has 1 saturated heterocycles. The van der Waals surface area contributed by atoms with E-state index in [0.29, 0.717) is 18.9 Å². The molecule has 7 heteroatoms. The van der Waals surface area contributed by atoms with Crippen molar-refractivity contribution >= 4 is 23.7 Å². The summed E-state index contributed by atoms with van der Waals surface area (Å²) in [6.45, 7) is 1.18. The van der Waals surface area contributed by atoms with Gasteiger partial charge in [-0.15, -0.1) is 0 Å². The molecule has 1 fully saturated rings. The standard InChI is InChI=1S/C8H10BNO4S/c11-15(12)6-8-2-1-7(5-10-8)9-13-3-4-14-9/h1-2,5H,3-4,6H2,(H,11,12). The van der Waals surface area contributed by atoms with Gasteiger partial charge in [0.1, 0.15) is 0 Å². The van der Waals surface area contributed by atoms with E-state index in [1.807, 2.05) is 0 Å². The van der Waals surface area contributed by atoms with E-state index >= 15 is 0 Å². The molecule has 1 aromatic heterocycles. The van der Waals surface area contributed by atoms with E-state index in [2.05, 4.69) is 4.98 Å². The fourth-order valence-electron chi connectivity index (χ4n) is 1.34. The summed E-state index contributed by atoms with van der Waals surface area (Å²) >= 11 is -1.85. The summed E-state index contributed by atoms with van der Waals surface area (Å²) in [7, 11) is -0.342. The topological polar surface area (TPSA) is 68.7 Å². The highest BCUT2D eigenvalue weighted by atomic mass is 32.2. The maximum atomic E-state index is 10.5. The van der Waals surface area contributed by atoms with E-state index in [4.69, 9.17) is 13.9 Å². The summed E-state index contributed by atoms with van der Waals surface area (Å²) in [4.78, 5) is 4.05. The monoisotopic (exact) mass is 227 g/mol. The van der Waals surface area contributed by atoms with Crippen LogP contribution in [0.2, 0.25) is 0 Å². The quantitative estimate of drug-likeness (QED) is 0.559. The molecule has 5 nitrogen and oxygen atoms in total. The van der Waals surface area contributed by atoms with Gasteiger partial charge in [0.25, 0.3) is 0 Å². The molecule has 0 amide bonds. The Hall–Kier alpha value is -0.755. The van der Waals surface area contributed by atoms with Crippen molar-refractivity contribution in [1.82, 2.24) is 4.98 Å². The van der Waals surface area contributed by atoms with Gasteiger partial charge in [0.05, 0.1) is 24.7 Å². The number of hydrogen-bond acceptors (Lipinski definition) is 4. The first kappa shape index (κ1) is 10.8. The molecule has 15 heavy (non-hydrogen) atoms. The highest BCUT2D eigenvalue weighted by Gasteiger charge is 2.26. The third kappa shape index (κ3) is 2.85. The lowest BCUT2D eigenvalue weighted by Gasteiger charge is -2.03. The lowest BCUT2D eigenvalue weighted by Crippen LogP contribution is -2.32. The van der Waals surface area contributed by atoms with Crippen LogP contribution in [-0.2, 0) is 26.1 Å².